The zero-order valence-corrected chi connectivity index (χ0v) is 15.2. The summed E-state index contributed by atoms with van der Waals surface area (Å²) in [5.41, 5.74) is 1.98. The number of benzene rings is 2. The Morgan fingerprint density at radius 2 is 1.79 bits per heavy atom. The number of hydrogen-bond donors (Lipinski definition) is 1. The molecule has 2 aromatic rings. The fourth-order valence-electron chi connectivity index (χ4n) is 2.32. The van der Waals surface area contributed by atoms with Crippen molar-refractivity contribution in [2.24, 2.45) is 0 Å². The van der Waals surface area contributed by atoms with Crippen LogP contribution in [0.2, 0.25) is 5.02 Å². The molecular formula is C17H19ClN2O3S. The number of rotatable bonds is 5. The standard InChI is InChI=1S/C17H19ClN2O3S/c1-12-11-14(18)9-10-15(12)19-17(21)16(20(2)24(3,22)23)13-7-5-4-6-8-13/h4-11,16H,1-3H3,(H,19,21). The molecule has 24 heavy (non-hydrogen) atoms. The van der Waals surface area contributed by atoms with E-state index < -0.39 is 22.0 Å². The van der Waals surface area contributed by atoms with E-state index in [1.807, 2.05) is 13.0 Å². The van der Waals surface area contributed by atoms with Crippen molar-refractivity contribution >= 4 is 33.2 Å². The third-order valence-electron chi connectivity index (χ3n) is 3.70. The van der Waals surface area contributed by atoms with E-state index in [-0.39, 0.29) is 0 Å². The number of halogens is 1. The zero-order valence-electron chi connectivity index (χ0n) is 13.7. The molecule has 0 spiro atoms. The molecule has 0 fully saturated rings. The highest BCUT2D eigenvalue weighted by Crippen LogP contribution is 2.25. The smallest absolute Gasteiger partial charge is 0.247 e. The van der Waals surface area contributed by atoms with Crippen LogP contribution in [0.15, 0.2) is 48.5 Å². The van der Waals surface area contributed by atoms with Crippen LogP contribution >= 0.6 is 11.6 Å². The molecule has 2 aromatic carbocycles. The number of sulfonamides is 1. The van der Waals surface area contributed by atoms with Crippen molar-refractivity contribution in [3.8, 4) is 0 Å². The minimum absolute atomic E-state index is 0.431. The quantitative estimate of drug-likeness (QED) is 0.883. The molecule has 0 radical (unpaired) electrons. The van der Waals surface area contributed by atoms with Gasteiger partial charge in [0.15, 0.2) is 0 Å². The van der Waals surface area contributed by atoms with E-state index in [0.717, 1.165) is 16.1 Å². The summed E-state index contributed by atoms with van der Waals surface area (Å²) in [5, 5.41) is 3.35. The fraction of sp³-hybridized carbons (Fsp3) is 0.235. The predicted octanol–water partition coefficient (Wildman–Crippen LogP) is 3.22. The zero-order chi connectivity index (χ0) is 17.9. The second kappa shape index (κ2) is 7.34. The third-order valence-corrected chi connectivity index (χ3v) is 5.19. The van der Waals surface area contributed by atoms with E-state index >= 15 is 0 Å². The Morgan fingerprint density at radius 3 is 2.33 bits per heavy atom. The average Bonchev–Trinajstić information content (AvgIpc) is 2.50. The lowest BCUT2D eigenvalue weighted by Crippen LogP contribution is -2.38. The van der Waals surface area contributed by atoms with Gasteiger partial charge >= 0.3 is 0 Å². The summed E-state index contributed by atoms with van der Waals surface area (Å²) in [6, 6.07) is 12.9. The monoisotopic (exact) mass is 366 g/mol. The Balaban J connectivity index is 2.38. The fourth-order valence-corrected chi connectivity index (χ4v) is 3.15. The van der Waals surface area contributed by atoms with Crippen molar-refractivity contribution in [3.63, 3.8) is 0 Å². The summed E-state index contributed by atoms with van der Waals surface area (Å²) < 4.78 is 24.9. The molecule has 0 aromatic heterocycles. The van der Waals surface area contributed by atoms with E-state index in [4.69, 9.17) is 11.6 Å². The van der Waals surface area contributed by atoms with Crippen LogP contribution in [0.4, 0.5) is 5.69 Å². The summed E-state index contributed by atoms with van der Waals surface area (Å²) in [7, 11) is -2.16. The number of nitrogens with zero attached hydrogens (tertiary/aromatic N) is 1. The van der Waals surface area contributed by atoms with Crippen LogP contribution < -0.4 is 5.32 Å². The molecular weight excluding hydrogens is 348 g/mol. The maximum absolute atomic E-state index is 12.8. The Morgan fingerprint density at radius 1 is 1.17 bits per heavy atom. The van der Waals surface area contributed by atoms with E-state index in [0.29, 0.717) is 16.3 Å². The maximum atomic E-state index is 12.8. The minimum Gasteiger partial charge on any atom is -0.324 e. The Hall–Kier alpha value is -1.89. The third kappa shape index (κ3) is 4.35. The highest BCUT2D eigenvalue weighted by atomic mass is 35.5. The van der Waals surface area contributed by atoms with Crippen LogP contribution in [0.25, 0.3) is 0 Å². The number of amides is 1. The van der Waals surface area contributed by atoms with Gasteiger partial charge in [0, 0.05) is 17.8 Å². The van der Waals surface area contributed by atoms with Crippen molar-refractivity contribution in [1.82, 2.24) is 4.31 Å². The molecule has 0 heterocycles. The van der Waals surface area contributed by atoms with Crippen LogP contribution in [0.1, 0.15) is 17.2 Å². The SMILES string of the molecule is Cc1cc(Cl)ccc1NC(=O)C(c1ccccc1)N(C)S(C)(=O)=O. The number of aryl methyl sites for hydroxylation is 1. The average molecular weight is 367 g/mol. The normalized spacial score (nSPS) is 12.9. The van der Waals surface area contributed by atoms with Gasteiger partial charge in [-0.1, -0.05) is 41.9 Å². The topological polar surface area (TPSA) is 66.5 Å². The van der Waals surface area contributed by atoms with Crippen molar-refractivity contribution in [2.75, 3.05) is 18.6 Å². The van der Waals surface area contributed by atoms with E-state index in [9.17, 15) is 13.2 Å². The van der Waals surface area contributed by atoms with Gasteiger partial charge in [0.05, 0.1) is 6.26 Å². The first-order chi connectivity index (χ1) is 11.2. The van der Waals surface area contributed by atoms with E-state index in [2.05, 4.69) is 5.32 Å². The van der Waals surface area contributed by atoms with Crippen molar-refractivity contribution in [3.05, 3.63) is 64.7 Å². The van der Waals surface area contributed by atoms with E-state index in [1.54, 1.807) is 42.5 Å². The number of carbonyl (C=O) groups excluding carboxylic acids is 1. The Bertz CT molecular complexity index is 838. The van der Waals surface area contributed by atoms with Gasteiger partial charge < -0.3 is 5.32 Å². The van der Waals surface area contributed by atoms with Crippen LogP contribution in [0.3, 0.4) is 0 Å². The van der Waals surface area contributed by atoms with Crippen LogP contribution in [-0.4, -0.2) is 31.9 Å². The van der Waals surface area contributed by atoms with Gasteiger partial charge in [-0.15, -0.1) is 0 Å². The summed E-state index contributed by atoms with van der Waals surface area (Å²) in [6.45, 7) is 1.82. The van der Waals surface area contributed by atoms with Crippen molar-refractivity contribution in [1.29, 1.82) is 0 Å². The van der Waals surface area contributed by atoms with Crippen molar-refractivity contribution in [2.45, 2.75) is 13.0 Å². The first-order valence-corrected chi connectivity index (χ1v) is 9.48. The highest BCUT2D eigenvalue weighted by Gasteiger charge is 2.30. The lowest BCUT2D eigenvalue weighted by molar-refractivity contribution is -0.119. The van der Waals surface area contributed by atoms with Crippen LogP contribution in [-0.2, 0) is 14.8 Å². The molecule has 128 valence electrons. The lowest BCUT2D eigenvalue weighted by atomic mass is 10.1. The van der Waals surface area contributed by atoms with Crippen molar-refractivity contribution < 1.29 is 13.2 Å². The molecule has 1 N–H and O–H groups in total. The first-order valence-electron chi connectivity index (χ1n) is 7.25. The predicted molar refractivity (Wildman–Crippen MR) is 96.6 cm³/mol. The highest BCUT2D eigenvalue weighted by molar-refractivity contribution is 7.88. The summed E-state index contributed by atoms with van der Waals surface area (Å²) in [5.74, 6) is -0.431. The van der Waals surface area contributed by atoms with Crippen LogP contribution in [0.5, 0.6) is 0 Å². The molecule has 1 atom stereocenters. The molecule has 0 aliphatic carbocycles. The molecule has 7 heteroatoms. The number of carbonyl (C=O) groups is 1. The molecule has 0 saturated heterocycles. The van der Waals surface area contributed by atoms with Gasteiger partial charge in [-0.2, -0.15) is 4.31 Å². The molecule has 2 rings (SSSR count). The van der Waals surface area contributed by atoms with Gasteiger partial charge in [0.25, 0.3) is 0 Å². The van der Waals surface area contributed by atoms with Gasteiger partial charge in [0.1, 0.15) is 6.04 Å². The largest absolute Gasteiger partial charge is 0.324 e. The second-order valence-electron chi connectivity index (χ2n) is 5.54. The molecule has 0 aliphatic heterocycles. The number of nitrogens with one attached hydrogen (secondary N) is 1. The lowest BCUT2D eigenvalue weighted by Gasteiger charge is -2.26. The molecule has 0 aliphatic rings. The Kier molecular flexibility index (Phi) is 5.64. The van der Waals surface area contributed by atoms with Gasteiger partial charge in [-0.25, -0.2) is 8.42 Å². The Labute approximate surface area is 147 Å². The second-order valence-corrected chi connectivity index (χ2v) is 8.02. The first kappa shape index (κ1) is 18.4. The molecule has 1 amide bonds. The minimum atomic E-state index is -3.55. The number of likely N-dealkylation sites (N-methyl/N-ethyl adjacent to an activating group) is 1. The van der Waals surface area contributed by atoms with Crippen LogP contribution in [0, 0.1) is 6.92 Å². The van der Waals surface area contributed by atoms with Gasteiger partial charge in [-0.3, -0.25) is 4.79 Å². The molecule has 0 saturated carbocycles. The molecule has 0 bridgehead atoms. The summed E-state index contributed by atoms with van der Waals surface area (Å²) in [6.07, 6.45) is 1.07. The van der Waals surface area contributed by atoms with E-state index in [1.165, 1.54) is 7.05 Å². The summed E-state index contributed by atoms with van der Waals surface area (Å²) in [4.78, 5) is 12.8. The molecule has 5 nitrogen and oxygen atoms in total. The summed E-state index contributed by atoms with van der Waals surface area (Å²) >= 11 is 5.92. The van der Waals surface area contributed by atoms with Gasteiger partial charge in [0.2, 0.25) is 15.9 Å². The molecule has 1 unspecified atom stereocenters. The maximum Gasteiger partial charge on any atom is 0.247 e. The number of anilines is 1. The van der Waals surface area contributed by atoms with Gasteiger partial charge in [-0.05, 0) is 36.2 Å². The number of hydrogen-bond acceptors (Lipinski definition) is 3.